The number of hydrogen-bond donors (Lipinski definition) is 1. The van der Waals surface area contributed by atoms with Crippen molar-refractivity contribution in [1.82, 2.24) is 4.90 Å². The lowest BCUT2D eigenvalue weighted by atomic mass is 10.1. The van der Waals surface area contributed by atoms with Gasteiger partial charge in [0.2, 0.25) is 0 Å². The van der Waals surface area contributed by atoms with Gasteiger partial charge < -0.3 is 5.32 Å². The third-order valence-corrected chi connectivity index (χ3v) is 5.33. The number of nitrogens with zero attached hydrogens (tertiary/aromatic N) is 1. The maximum absolute atomic E-state index is 11.9. The van der Waals surface area contributed by atoms with Gasteiger partial charge in [-0.2, -0.15) is 0 Å². The molecule has 0 saturated carbocycles. The van der Waals surface area contributed by atoms with Crippen molar-refractivity contribution < 1.29 is 18.0 Å². The van der Waals surface area contributed by atoms with Crippen molar-refractivity contribution in [3.05, 3.63) is 29.3 Å². The molecule has 21 heavy (non-hydrogen) atoms. The van der Waals surface area contributed by atoms with Gasteiger partial charge in [-0.25, -0.2) is 8.42 Å². The van der Waals surface area contributed by atoms with Crippen molar-refractivity contribution in [2.24, 2.45) is 0 Å². The minimum Gasteiger partial charge on any atom is -0.382 e. The van der Waals surface area contributed by atoms with E-state index < -0.39 is 9.84 Å². The third-order valence-electron chi connectivity index (χ3n) is 3.45. The van der Waals surface area contributed by atoms with E-state index in [1.165, 1.54) is 7.05 Å². The van der Waals surface area contributed by atoms with Gasteiger partial charge in [0.25, 0.3) is 11.8 Å². The van der Waals surface area contributed by atoms with Crippen LogP contribution in [0.4, 0.5) is 5.69 Å². The first kappa shape index (κ1) is 15.5. The molecule has 2 amide bonds. The fourth-order valence-corrected chi connectivity index (χ4v) is 3.36. The zero-order chi connectivity index (χ0) is 15.8. The fourth-order valence-electron chi connectivity index (χ4n) is 2.28. The van der Waals surface area contributed by atoms with Crippen LogP contribution in [0, 0.1) is 0 Å². The Morgan fingerprint density at radius 2 is 1.81 bits per heavy atom. The number of nitrogens with one attached hydrogen (secondary N) is 1. The number of imide groups is 1. The van der Waals surface area contributed by atoms with Gasteiger partial charge in [0, 0.05) is 24.5 Å². The van der Waals surface area contributed by atoms with Crippen LogP contribution in [-0.2, 0) is 9.84 Å². The predicted octanol–water partition coefficient (Wildman–Crippen LogP) is 1.15. The smallest absolute Gasteiger partial charge is 0.261 e. The average Bonchev–Trinajstić information content (AvgIpc) is 2.63. The summed E-state index contributed by atoms with van der Waals surface area (Å²) in [5, 5.41) is 3.05. The lowest BCUT2D eigenvalue weighted by Gasteiger charge is -2.15. The van der Waals surface area contributed by atoms with Crippen LogP contribution in [0.5, 0.6) is 0 Å². The molecule has 1 aromatic rings. The van der Waals surface area contributed by atoms with E-state index >= 15 is 0 Å². The van der Waals surface area contributed by atoms with E-state index in [-0.39, 0.29) is 29.4 Å². The highest BCUT2D eigenvalue weighted by atomic mass is 32.2. The van der Waals surface area contributed by atoms with Crippen LogP contribution >= 0.6 is 0 Å². The zero-order valence-corrected chi connectivity index (χ0v) is 13.0. The Labute approximate surface area is 124 Å². The number of sulfone groups is 1. The Balaban J connectivity index is 2.18. The Kier molecular flexibility index (Phi) is 4.04. The highest BCUT2D eigenvalue weighted by Crippen LogP contribution is 2.25. The molecule has 6 nitrogen and oxygen atoms in total. The van der Waals surface area contributed by atoms with Crippen LogP contribution in [0.25, 0.3) is 0 Å². The Hall–Kier alpha value is -1.89. The summed E-state index contributed by atoms with van der Waals surface area (Å²) in [5.74, 6) is -0.537. The van der Waals surface area contributed by atoms with Gasteiger partial charge in [-0.3, -0.25) is 14.5 Å². The largest absolute Gasteiger partial charge is 0.382 e. The molecule has 114 valence electrons. The Bertz CT molecular complexity index is 697. The molecule has 1 atom stereocenters. The lowest BCUT2D eigenvalue weighted by molar-refractivity contribution is 0.0693. The topological polar surface area (TPSA) is 83.6 Å². The normalized spacial score (nSPS) is 16.0. The third kappa shape index (κ3) is 3.07. The number of carbonyl (C=O) groups excluding carboxylic acids is 2. The number of carbonyl (C=O) groups is 2. The molecule has 2 rings (SSSR count). The van der Waals surface area contributed by atoms with Gasteiger partial charge in [0.05, 0.1) is 16.9 Å². The quantitative estimate of drug-likeness (QED) is 0.825. The van der Waals surface area contributed by atoms with Crippen LogP contribution in [0.1, 0.15) is 34.6 Å². The molecule has 0 aromatic heterocycles. The summed E-state index contributed by atoms with van der Waals surface area (Å²) in [6, 6.07) is 4.58. The predicted molar refractivity (Wildman–Crippen MR) is 80.3 cm³/mol. The molecule has 7 heteroatoms. The Morgan fingerprint density at radius 3 is 2.43 bits per heavy atom. The van der Waals surface area contributed by atoms with Crippen molar-refractivity contribution in [2.45, 2.75) is 19.9 Å². The monoisotopic (exact) mass is 310 g/mol. The number of rotatable bonds is 5. The molecule has 0 radical (unpaired) electrons. The number of benzene rings is 1. The molecule has 1 aliphatic rings. The average molecular weight is 310 g/mol. The highest BCUT2D eigenvalue weighted by molar-refractivity contribution is 7.91. The van der Waals surface area contributed by atoms with E-state index in [1.807, 2.05) is 0 Å². The summed E-state index contributed by atoms with van der Waals surface area (Å²) < 4.78 is 23.2. The summed E-state index contributed by atoms with van der Waals surface area (Å²) in [5.41, 5.74) is 1.35. The summed E-state index contributed by atoms with van der Waals surface area (Å²) in [7, 11) is -1.63. The van der Waals surface area contributed by atoms with Gasteiger partial charge in [0.15, 0.2) is 9.84 Å². The van der Waals surface area contributed by atoms with Crippen molar-refractivity contribution in [3.8, 4) is 0 Å². The van der Waals surface area contributed by atoms with Crippen LogP contribution in [0.15, 0.2) is 18.2 Å². The molecule has 1 heterocycles. The number of hydrogen-bond acceptors (Lipinski definition) is 5. The van der Waals surface area contributed by atoms with E-state index in [0.717, 1.165) is 4.90 Å². The van der Waals surface area contributed by atoms with E-state index in [4.69, 9.17) is 0 Å². The molecule has 0 saturated heterocycles. The fraction of sp³-hybridized carbons (Fsp3) is 0.429. The summed E-state index contributed by atoms with van der Waals surface area (Å²) in [4.78, 5) is 24.7. The molecule has 1 unspecified atom stereocenters. The zero-order valence-electron chi connectivity index (χ0n) is 12.2. The van der Waals surface area contributed by atoms with Crippen LogP contribution in [-0.4, -0.2) is 49.7 Å². The van der Waals surface area contributed by atoms with Crippen LogP contribution in [0.3, 0.4) is 0 Å². The van der Waals surface area contributed by atoms with E-state index in [2.05, 4.69) is 5.32 Å². The first-order valence-corrected chi connectivity index (χ1v) is 8.50. The number of anilines is 1. The molecule has 1 aromatic carbocycles. The van der Waals surface area contributed by atoms with Gasteiger partial charge >= 0.3 is 0 Å². The maximum atomic E-state index is 11.9. The molecule has 0 bridgehead atoms. The second-order valence-corrected chi connectivity index (χ2v) is 7.57. The maximum Gasteiger partial charge on any atom is 0.261 e. The molecule has 0 fully saturated rings. The van der Waals surface area contributed by atoms with E-state index in [0.29, 0.717) is 16.8 Å². The van der Waals surface area contributed by atoms with Gasteiger partial charge in [-0.05, 0) is 25.1 Å². The SMILES string of the molecule is CCS(=O)(=O)CC(C)Nc1ccc2c(c1)C(=O)N(C)C2=O. The second-order valence-electron chi connectivity index (χ2n) is 5.17. The summed E-state index contributed by atoms with van der Waals surface area (Å²) >= 11 is 0. The standard InChI is InChI=1S/C14H18N2O4S/c1-4-21(19,20)8-9(2)15-10-5-6-11-12(7-10)14(18)16(3)13(11)17/h5-7,9,15H,4,8H2,1-3H3. The molecule has 0 spiro atoms. The first-order chi connectivity index (χ1) is 9.75. The first-order valence-electron chi connectivity index (χ1n) is 6.68. The molecule has 1 aliphatic heterocycles. The minimum absolute atomic E-state index is 0.0212. The number of fused-ring (bicyclic) bond motifs is 1. The van der Waals surface area contributed by atoms with Crippen molar-refractivity contribution >= 4 is 27.3 Å². The Morgan fingerprint density at radius 1 is 1.19 bits per heavy atom. The molecule has 1 N–H and O–H groups in total. The summed E-state index contributed by atoms with van der Waals surface area (Å²) in [6.45, 7) is 3.37. The lowest BCUT2D eigenvalue weighted by Crippen LogP contribution is -2.26. The van der Waals surface area contributed by atoms with Gasteiger partial charge in [-0.1, -0.05) is 6.92 Å². The van der Waals surface area contributed by atoms with Crippen LogP contribution in [0.2, 0.25) is 0 Å². The second kappa shape index (κ2) is 5.48. The van der Waals surface area contributed by atoms with E-state index in [1.54, 1.807) is 32.0 Å². The molecule has 0 aliphatic carbocycles. The van der Waals surface area contributed by atoms with Crippen molar-refractivity contribution in [1.29, 1.82) is 0 Å². The number of amides is 2. The van der Waals surface area contributed by atoms with Gasteiger partial charge in [0.1, 0.15) is 0 Å². The highest BCUT2D eigenvalue weighted by Gasteiger charge is 2.32. The minimum atomic E-state index is -3.07. The van der Waals surface area contributed by atoms with Crippen molar-refractivity contribution in [3.63, 3.8) is 0 Å². The van der Waals surface area contributed by atoms with E-state index in [9.17, 15) is 18.0 Å². The van der Waals surface area contributed by atoms with Crippen LogP contribution < -0.4 is 5.32 Å². The van der Waals surface area contributed by atoms with Crippen molar-refractivity contribution in [2.75, 3.05) is 23.9 Å². The molecular weight excluding hydrogens is 292 g/mol. The molecular formula is C14H18N2O4S. The van der Waals surface area contributed by atoms with Gasteiger partial charge in [-0.15, -0.1) is 0 Å². The summed E-state index contributed by atoms with van der Waals surface area (Å²) in [6.07, 6.45) is 0.